The van der Waals surface area contributed by atoms with Crippen molar-refractivity contribution in [1.29, 1.82) is 0 Å². The van der Waals surface area contributed by atoms with Crippen LogP contribution in [0.2, 0.25) is 0 Å². The van der Waals surface area contributed by atoms with E-state index in [9.17, 15) is 9.90 Å². The fraction of sp³-hybridized carbons (Fsp3) is 0.524. The van der Waals surface area contributed by atoms with E-state index in [1.54, 1.807) is 13.1 Å². The van der Waals surface area contributed by atoms with Crippen LogP contribution in [0.15, 0.2) is 30.5 Å². The Morgan fingerprint density at radius 2 is 2.11 bits per heavy atom. The third-order valence-corrected chi connectivity index (χ3v) is 5.38. The number of aryl methyl sites for hydroxylation is 1. The van der Waals surface area contributed by atoms with E-state index in [-0.39, 0.29) is 18.6 Å². The number of ether oxygens (including phenoxy) is 1. The molecule has 1 saturated heterocycles. The van der Waals surface area contributed by atoms with Gasteiger partial charge in [0.25, 0.3) is 0 Å². The Hall–Kier alpha value is -2.22. The molecule has 2 heterocycles. The molecule has 1 atom stereocenters. The smallest absolute Gasteiger partial charge is 0.356 e. The van der Waals surface area contributed by atoms with Crippen molar-refractivity contribution in [2.45, 2.75) is 39.4 Å². The van der Waals surface area contributed by atoms with Crippen molar-refractivity contribution >= 4 is 5.97 Å². The number of hydrogen-bond donors (Lipinski definition) is 2. The molecule has 3 rings (SSSR count). The summed E-state index contributed by atoms with van der Waals surface area (Å²) in [6.45, 7) is 8.65. The van der Waals surface area contributed by atoms with Gasteiger partial charge in [-0.1, -0.05) is 24.3 Å². The summed E-state index contributed by atoms with van der Waals surface area (Å²) in [5, 5.41) is 16.3. The second-order valence-electron chi connectivity index (χ2n) is 7.29. The summed E-state index contributed by atoms with van der Waals surface area (Å²) in [7, 11) is 0. The van der Waals surface area contributed by atoms with Gasteiger partial charge < -0.3 is 9.84 Å². The molecule has 1 fully saturated rings. The molecule has 1 aliphatic heterocycles. The average Bonchev–Trinajstić information content (AvgIpc) is 3.14. The van der Waals surface area contributed by atoms with E-state index in [1.165, 1.54) is 11.1 Å². The summed E-state index contributed by atoms with van der Waals surface area (Å²) in [6.07, 6.45) is 2.44. The highest BCUT2D eigenvalue weighted by Crippen LogP contribution is 2.20. The number of aromatic nitrogens is 2. The third-order valence-electron chi connectivity index (χ3n) is 5.38. The van der Waals surface area contributed by atoms with Crippen LogP contribution in [-0.2, 0) is 17.8 Å². The summed E-state index contributed by atoms with van der Waals surface area (Å²) in [4.78, 5) is 16.8. The first-order valence-electron chi connectivity index (χ1n) is 9.93. The Labute approximate surface area is 166 Å². The molecule has 0 unspecified atom stereocenters. The molecule has 0 amide bonds. The monoisotopic (exact) mass is 386 g/mol. The van der Waals surface area contributed by atoms with Crippen molar-refractivity contribution in [3.63, 3.8) is 0 Å². The second-order valence-corrected chi connectivity index (χ2v) is 7.29. The standard InChI is InChI=1S/C21H30N4O3/c1-3-28-21(27)20-18(12-22-23-20)13-24-9-10-25(19(15-24)8-11-26)14-17-7-5-4-6-16(17)2/h4-7,12,19,26H,3,8-11,13-15H2,1-2H3,(H,22,23)/t19-/m0/s1. The summed E-state index contributed by atoms with van der Waals surface area (Å²) in [5.74, 6) is -0.361. The molecule has 152 valence electrons. The molecule has 7 heteroatoms. The van der Waals surface area contributed by atoms with Crippen LogP contribution >= 0.6 is 0 Å². The number of piperazine rings is 1. The zero-order valence-electron chi connectivity index (χ0n) is 16.7. The van der Waals surface area contributed by atoms with Crippen LogP contribution in [0.5, 0.6) is 0 Å². The summed E-state index contributed by atoms with van der Waals surface area (Å²) in [5.41, 5.74) is 3.92. The van der Waals surface area contributed by atoms with Crippen LogP contribution in [0.4, 0.5) is 0 Å². The van der Waals surface area contributed by atoms with E-state index in [0.717, 1.165) is 38.2 Å². The number of esters is 1. The number of nitrogens with one attached hydrogen (secondary N) is 1. The molecule has 1 aromatic carbocycles. The van der Waals surface area contributed by atoms with Gasteiger partial charge in [0, 0.05) is 50.9 Å². The highest BCUT2D eigenvalue weighted by molar-refractivity contribution is 5.88. The quantitative estimate of drug-likeness (QED) is 0.675. The molecule has 0 radical (unpaired) electrons. The van der Waals surface area contributed by atoms with E-state index in [1.807, 2.05) is 0 Å². The lowest BCUT2D eigenvalue weighted by atomic mass is 10.0. The fourth-order valence-corrected chi connectivity index (χ4v) is 3.79. The zero-order chi connectivity index (χ0) is 19.9. The van der Waals surface area contributed by atoms with Crippen LogP contribution in [0.3, 0.4) is 0 Å². The Bertz CT molecular complexity index is 777. The van der Waals surface area contributed by atoms with Gasteiger partial charge in [0.2, 0.25) is 0 Å². The van der Waals surface area contributed by atoms with Gasteiger partial charge in [0.05, 0.1) is 12.8 Å². The first-order valence-corrected chi connectivity index (χ1v) is 9.93. The van der Waals surface area contributed by atoms with Gasteiger partial charge in [-0.15, -0.1) is 0 Å². The van der Waals surface area contributed by atoms with Crippen molar-refractivity contribution in [3.05, 3.63) is 52.8 Å². The number of aliphatic hydroxyl groups is 1. The number of H-pyrrole nitrogens is 1. The van der Waals surface area contributed by atoms with E-state index in [0.29, 0.717) is 18.8 Å². The van der Waals surface area contributed by atoms with Crippen LogP contribution in [0, 0.1) is 6.92 Å². The van der Waals surface area contributed by atoms with Crippen LogP contribution in [0.25, 0.3) is 0 Å². The number of nitrogens with zero attached hydrogens (tertiary/aromatic N) is 3. The maximum absolute atomic E-state index is 12.1. The fourth-order valence-electron chi connectivity index (χ4n) is 3.79. The number of carbonyl (C=O) groups is 1. The van der Waals surface area contributed by atoms with Gasteiger partial charge in [-0.05, 0) is 31.4 Å². The van der Waals surface area contributed by atoms with E-state index in [2.05, 4.69) is 51.2 Å². The molecule has 0 aliphatic carbocycles. The number of rotatable bonds is 8. The highest BCUT2D eigenvalue weighted by Gasteiger charge is 2.28. The third kappa shape index (κ3) is 4.98. The molecule has 2 aromatic rings. The van der Waals surface area contributed by atoms with E-state index < -0.39 is 0 Å². The normalized spacial score (nSPS) is 18.3. The number of aliphatic hydroxyl groups excluding tert-OH is 1. The van der Waals surface area contributed by atoms with E-state index in [4.69, 9.17) is 4.74 Å². The first-order chi connectivity index (χ1) is 13.6. The van der Waals surface area contributed by atoms with Gasteiger partial charge in [-0.2, -0.15) is 5.10 Å². The Morgan fingerprint density at radius 1 is 1.29 bits per heavy atom. The average molecular weight is 386 g/mol. The number of carbonyl (C=O) groups excluding carboxylic acids is 1. The van der Waals surface area contributed by atoms with Gasteiger partial charge in [0.1, 0.15) is 5.69 Å². The lowest BCUT2D eigenvalue weighted by Gasteiger charge is -2.41. The Balaban J connectivity index is 1.65. The summed E-state index contributed by atoms with van der Waals surface area (Å²) in [6, 6.07) is 8.73. The molecule has 1 aromatic heterocycles. The van der Waals surface area contributed by atoms with Crippen LogP contribution in [-0.4, -0.2) is 70.0 Å². The van der Waals surface area contributed by atoms with Crippen molar-refractivity contribution in [2.24, 2.45) is 0 Å². The lowest BCUT2D eigenvalue weighted by molar-refractivity contribution is 0.0474. The molecule has 1 aliphatic rings. The molecule has 0 spiro atoms. The molecular weight excluding hydrogens is 356 g/mol. The van der Waals surface area contributed by atoms with Crippen LogP contribution in [0.1, 0.15) is 40.5 Å². The predicted octanol–water partition coefficient (Wildman–Crippen LogP) is 1.96. The highest BCUT2D eigenvalue weighted by atomic mass is 16.5. The van der Waals surface area contributed by atoms with Crippen molar-refractivity contribution < 1.29 is 14.6 Å². The lowest BCUT2D eigenvalue weighted by Crippen LogP contribution is -2.52. The molecule has 0 saturated carbocycles. The van der Waals surface area contributed by atoms with Gasteiger partial charge in [-0.3, -0.25) is 14.9 Å². The molecule has 2 N–H and O–H groups in total. The predicted molar refractivity (Wildman–Crippen MR) is 107 cm³/mol. The summed E-state index contributed by atoms with van der Waals surface area (Å²) >= 11 is 0. The van der Waals surface area contributed by atoms with Gasteiger partial charge in [-0.25, -0.2) is 4.79 Å². The Kier molecular flexibility index (Phi) is 7.19. The molecule has 0 bridgehead atoms. The minimum atomic E-state index is -0.361. The van der Waals surface area contributed by atoms with E-state index >= 15 is 0 Å². The van der Waals surface area contributed by atoms with Crippen molar-refractivity contribution in [3.8, 4) is 0 Å². The first kappa shape index (κ1) is 20.5. The van der Waals surface area contributed by atoms with Gasteiger partial charge in [0.15, 0.2) is 0 Å². The maximum atomic E-state index is 12.1. The minimum Gasteiger partial charge on any atom is -0.461 e. The summed E-state index contributed by atoms with van der Waals surface area (Å²) < 4.78 is 5.10. The maximum Gasteiger partial charge on any atom is 0.356 e. The number of aromatic amines is 1. The second kappa shape index (κ2) is 9.82. The molecule has 28 heavy (non-hydrogen) atoms. The van der Waals surface area contributed by atoms with Crippen LogP contribution < -0.4 is 0 Å². The SMILES string of the molecule is CCOC(=O)c1[nH]ncc1CN1CCN(Cc2ccccc2C)[C@@H](CCO)C1. The molecule has 7 nitrogen and oxygen atoms in total. The number of benzene rings is 1. The topological polar surface area (TPSA) is 81.7 Å². The number of hydrogen-bond acceptors (Lipinski definition) is 6. The van der Waals surface area contributed by atoms with Crippen molar-refractivity contribution in [1.82, 2.24) is 20.0 Å². The van der Waals surface area contributed by atoms with Gasteiger partial charge >= 0.3 is 5.97 Å². The zero-order valence-corrected chi connectivity index (χ0v) is 16.7. The minimum absolute atomic E-state index is 0.169. The Morgan fingerprint density at radius 3 is 2.86 bits per heavy atom. The largest absolute Gasteiger partial charge is 0.461 e. The van der Waals surface area contributed by atoms with Crippen molar-refractivity contribution in [2.75, 3.05) is 32.8 Å². The molecular formula is C21H30N4O3.